The number of likely N-dealkylation sites (N-methyl/N-ethyl adjacent to an activating group) is 1. The number of nitrogens with zero attached hydrogens (tertiary/aromatic N) is 1. The second-order valence-electron chi connectivity index (χ2n) is 14.8. The van der Waals surface area contributed by atoms with Gasteiger partial charge >= 0.3 is 0 Å². The third-order valence-electron chi connectivity index (χ3n) is 9.89. The number of nitrogens with two attached hydrogens (primary N) is 2. The summed E-state index contributed by atoms with van der Waals surface area (Å²) in [6.45, 7) is 4.85. The number of carbonyl (C=O) groups excluding carboxylic acids is 7. The zero-order valence-electron chi connectivity index (χ0n) is 32.8. The lowest BCUT2D eigenvalue weighted by Gasteiger charge is -2.25. The molecule has 0 aliphatic carbocycles. The van der Waals surface area contributed by atoms with Crippen LogP contribution in [0.5, 0.6) is 0 Å². The van der Waals surface area contributed by atoms with Crippen LogP contribution in [0.2, 0.25) is 5.02 Å². The molecule has 2 aromatic carbocycles. The summed E-state index contributed by atoms with van der Waals surface area (Å²) in [6.07, 6.45) is -2.36. The van der Waals surface area contributed by atoms with Crippen LogP contribution in [0.3, 0.4) is 0 Å². The van der Waals surface area contributed by atoms with Crippen LogP contribution >= 0.6 is 11.6 Å². The van der Waals surface area contributed by atoms with E-state index in [4.69, 9.17) is 27.8 Å². The Hall–Kier alpha value is -4.34. The van der Waals surface area contributed by atoms with Crippen molar-refractivity contribution < 1.29 is 43.4 Å². The number of unbranched alkanes of at least 4 members (excludes halogenated alkanes) is 1. The van der Waals surface area contributed by atoms with E-state index in [1.807, 2.05) is 12.1 Å². The normalized spacial score (nSPS) is 18.0. The predicted octanol–water partition coefficient (Wildman–Crippen LogP) is 2.64. The Balaban J connectivity index is 1.61. The van der Waals surface area contributed by atoms with Gasteiger partial charge in [0.25, 0.3) is 5.91 Å². The predicted molar refractivity (Wildman–Crippen MR) is 211 cm³/mol. The molecule has 0 radical (unpaired) electrons. The summed E-state index contributed by atoms with van der Waals surface area (Å²) in [5, 5.41) is 16.4. The first-order valence-electron chi connectivity index (χ1n) is 19.0. The molecule has 3 rings (SSSR count). The fourth-order valence-corrected chi connectivity index (χ4v) is 6.46. The maximum atomic E-state index is 13.5. The number of epoxide rings is 1. The maximum absolute atomic E-state index is 13.5. The summed E-state index contributed by atoms with van der Waals surface area (Å²) in [5.41, 5.74) is 13.6. The molecule has 306 valence electrons. The van der Waals surface area contributed by atoms with Crippen LogP contribution in [0.4, 0.5) is 0 Å². The number of rotatable bonds is 24. The van der Waals surface area contributed by atoms with Crippen LogP contribution in [0, 0.1) is 17.8 Å². The second-order valence-corrected chi connectivity index (χ2v) is 15.3. The molecular formula is C41H56ClN5O9. The number of halogens is 1. The minimum atomic E-state index is -1.38. The molecule has 2 unspecified atom stereocenters. The van der Waals surface area contributed by atoms with Gasteiger partial charge in [-0.25, -0.2) is 0 Å². The quantitative estimate of drug-likeness (QED) is 0.0589. The molecule has 1 aliphatic rings. The summed E-state index contributed by atoms with van der Waals surface area (Å²) < 4.78 is 5.28. The van der Waals surface area contributed by atoms with Gasteiger partial charge in [0.15, 0.2) is 35.3 Å². The molecule has 15 heteroatoms. The lowest BCUT2D eigenvalue weighted by Crippen LogP contribution is -2.51. The number of aliphatic hydroxyl groups excluding tert-OH is 1. The van der Waals surface area contributed by atoms with Crippen molar-refractivity contribution in [3.05, 3.63) is 59.1 Å². The number of amides is 3. The number of benzene rings is 2. The van der Waals surface area contributed by atoms with Gasteiger partial charge in [0.05, 0.1) is 12.1 Å². The monoisotopic (exact) mass is 797 g/mol. The minimum absolute atomic E-state index is 0.0917. The van der Waals surface area contributed by atoms with Gasteiger partial charge in [0.1, 0.15) is 6.04 Å². The van der Waals surface area contributed by atoms with E-state index in [0.717, 1.165) is 11.1 Å². The van der Waals surface area contributed by atoms with Gasteiger partial charge in [-0.3, -0.25) is 33.6 Å². The molecule has 0 bridgehead atoms. The van der Waals surface area contributed by atoms with Crippen LogP contribution in [0.25, 0.3) is 11.1 Å². The van der Waals surface area contributed by atoms with Gasteiger partial charge < -0.3 is 36.8 Å². The molecule has 1 aliphatic heterocycles. The molecule has 56 heavy (non-hydrogen) atoms. The lowest BCUT2D eigenvalue weighted by molar-refractivity contribution is -0.135. The maximum Gasteiger partial charge on any atom is 0.254 e. The first-order chi connectivity index (χ1) is 26.5. The molecule has 3 amide bonds. The Morgan fingerprint density at radius 1 is 0.750 bits per heavy atom. The van der Waals surface area contributed by atoms with E-state index in [0.29, 0.717) is 30.0 Å². The number of hydrogen-bond donors (Lipinski definition) is 5. The number of carbonyl (C=O) groups is 7. The third-order valence-corrected chi connectivity index (χ3v) is 10.1. The average Bonchev–Trinajstić information content (AvgIpc) is 3.96. The number of ketones is 4. The summed E-state index contributed by atoms with van der Waals surface area (Å²) in [5.74, 6) is -5.89. The Labute approximate surface area is 333 Å². The number of hydrogen-bond acceptors (Lipinski definition) is 11. The standard InChI is InChI=1S/C41H56ClN5O9/c1-23(36(52)37-38(56-37)41(55)47(4)5)20-33(50)31(8-6-7-18-43)45-39(53)24(2)21-34(51)35(25(3)48)46-40(54)29(17-19-44)22-32(49)28-11-9-26(10-12-28)27-13-15-30(42)16-14-27/h9-16,23-25,29,31,35,37-38,48H,6-8,17-22,43-44H2,1-5H3,(H,45,53)(H,46,54)/t23-,24-,25-,29-,31+,35+,37?,38?/m1/s1. The van der Waals surface area contributed by atoms with Gasteiger partial charge in [0, 0.05) is 61.7 Å². The average molecular weight is 798 g/mol. The van der Waals surface area contributed by atoms with E-state index < -0.39 is 71.5 Å². The topological polar surface area (TPSA) is 232 Å². The highest BCUT2D eigenvalue weighted by Gasteiger charge is 2.52. The Bertz CT molecular complexity index is 1700. The molecule has 1 saturated heterocycles. The molecule has 0 spiro atoms. The van der Waals surface area contributed by atoms with Crippen molar-refractivity contribution in [2.24, 2.45) is 29.2 Å². The van der Waals surface area contributed by atoms with E-state index in [-0.39, 0.29) is 56.1 Å². The van der Waals surface area contributed by atoms with E-state index >= 15 is 0 Å². The van der Waals surface area contributed by atoms with Crippen LogP contribution < -0.4 is 22.1 Å². The Morgan fingerprint density at radius 3 is 1.89 bits per heavy atom. The fraction of sp³-hybridized carbons (Fsp3) is 0.537. The van der Waals surface area contributed by atoms with Gasteiger partial charge in [-0.15, -0.1) is 0 Å². The molecule has 7 N–H and O–H groups in total. The Kier molecular flexibility index (Phi) is 17.9. The number of nitrogens with one attached hydrogen (secondary N) is 2. The van der Waals surface area contributed by atoms with E-state index in [9.17, 15) is 38.7 Å². The number of Topliss-reactive ketones (excluding diaryl/α,β-unsaturated/α-hetero) is 4. The zero-order valence-corrected chi connectivity index (χ0v) is 33.6. The largest absolute Gasteiger partial charge is 0.391 e. The summed E-state index contributed by atoms with van der Waals surface area (Å²) in [4.78, 5) is 93.3. The van der Waals surface area contributed by atoms with E-state index in [2.05, 4.69) is 10.6 Å². The summed E-state index contributed by atoms with van der Waals surface area (Å²) in [6, 6.07) is 11.9. The van der Waals surface area contributed by atoms with Crippen molar-refractivity contribution in [3.63, 3.8) is 0 Å². The van der Waals surface area contributed by atoms with Crippen molar-refractivity contribution in [1.82, 2.24) is 15.5 Å². The van der Waals surface area contributed by atoms with Gasteiger partial charge in [-0.1, -0.05) is 61.8 Å². The molecule has 8 atom stereocenters. The molecular weight excluding hydrogens is 742 g/mol. The van der Waals surface area contributed by atoms with Crippen LogP contribution in [0.1, 0.15) is 76.1 Å². The first-order valence-corrected chi connectivity index (χ1v) is 19.4. The lowest BCUT2D eigenvalue weighted by atomic mass is 9.91. The van der Waals surface area contributed by atoms with Crippen LogP contribution in [0.15, 0.2) is 48.5 Å². The summed E-state index contributed by atoms with van der Waals surface area (Å²) in [7, 11) is 3.11. The number of aliphatic hydroxyl groups is 1. The first kappa shape index (κ1) is 46.0. The molecule has 1 fully saturated rings. The highest BCUT2D eigenvalue weighted by atomic mass is 35.5. The van der Waals surface area contributed by atoms with Gasteiger partial charge in [-0.05, 0) is 69.0 Å². The molecule has 14 nitrogen and oxygen atoms in total. The van der Waals surface area contributed by atoms with E-state index in [1.54, 1.807) is 57.4 Å². The minimum Gasteiger partial charge on any atom is -0.391 e. The summed E-state index contributed by atoms with van der Waals surface area (Å²) >= 11 is 5.99. The van der Waals surface area contributed by atoms with Crippen molar-refractivity contribution in [2.75, 3.05) is 27.2 Å². The van der Waals surface area contributed by atoms with Crippen molar-refractivity contribution in [1.29, 1.82) is 0 Å². The van der Waals surface area contributed by atoms with Crippen molar-refractivity contribution in [2.45, 2.75) is 96.1 Å². The van der Waals surface area contributed by atoms with Gasteiger partial charge in [-0.2, -0.15) is 0 Å². The van der Waals surface area contributed by atoms with Crippen molar-refractivity contribution in [3.8, 4) is 11.1 Å². The fourth-order valence-electron chi connectivity index (χ4n) is 6.34. The number of ether oxygens (including phenoxy) is 1. The Morgan fingerprint density at radius 2 is 1.34 bits per heavy atom. The molecule has 0 aromatic heterocycles. The van der Waals surface area contributed by atoms with Crippen LogP contribution in [-0.4, -0.2) is 108 Å². The van der Waals surface area contributed by atoms with Gasteiger partial charge in [0.2, 0.25) is 11.8 Å². The molecule has 1 heterocycles. The van der Waals surface area contributed by atoms with Crippen LogP contribution in [-0.2, 0) is 33.5 Å². The second kappa shape index (κ2) is 21.8. The van der Waals surface area contributed by atoms with Crippen molar-refractivity contribution >= 4 is 52.5 Å². The molecule has 0 saturated carbocycles. The smallest absolute Gasteiger partial charge is 0.254 e. The highest BCUT2D eigenvalue weighted by molar-refractivity contribution is 6.30. The third kappa shape index (κ3) is 13.4. The van der Waals surface area contributed by atoms with E-state index in [1.165, 1.54) is 18.7 Å². The highest BCUT2D eigenvalue weighted by Crippen LogP contribution is 2.29. The molecule has 2 aromatic rings. The SMILES string of the molecule is C[C@H](CC(=O)[C@@H](NC(=O)[C@H](CCN)CC(=O)c1ccc(-c2ccc(Cl)cc2)cc1)[C@@H](C)O)C(=O)N[C@@H](CCCCN)C(=O)C[C@@H](C)C(=O)C1OC1C(=O)N(C)C. The zero-order chi connectivity index (χ0) is 41.7.